The first-order valence-corrected chi connectivity index (χ1v) is 6.60. The summed E-state index contributed by atoms with van der Waals surface area (Å²) in [6.45, 7) is 9.25. The maximum Gasteiger partial charge on any atom is 0.0950 e. The summed E-state index contributed by atoms with van der Waals surface area (Å²) >= 11 is 0. The van der Waals surface area contributed by atoms with E-state index in [9.17, 15) is 0 Å². The number of fused-ring (bicyclic) bond motifs is 3. The number of hydrogen-bond donors (Lipinski definition) is 1. The quantitative estimate of drug-likeness (QED) is 0.841. The molecule has 0 saturated carbocycles. The molecular weight excluding hydrogens is 214 g/mol. The number of nitrogens with one attached hydrogen (secondary N) is 1. The van der Waals surface area contributed by atoms with Crippen LogP contribution in [0.4, 0.5) is 0 Å². The molecular formula is C13H21N3O. The minimum absolute atomic E-state index is 0.404. The standard InChI is InChI=1S/C13H21N3O/c1-2-14-13(11-3-8-17-10-11)12-9-15-4-6-16(12)7-5-15/h3,8,10,12-14H,2,4-7,9H2,1H3. The Morgan fingerprint density at radius 3 is 2.76 bits per heavy atom. The molecule has 4 rings (SSSR count). The Morgan fingerprint density at radius 2 is 2.24 bits per heavy atom. The van der Waals surface area contributed by atoms with Crippen LogP contribution in [-0.4, -0.2) is 55.1 Å². The molecule has 4 heteroatoms. The van der Waals surface area contributed by atoms with E-state index >= 15 is 0 Å². The molecule has 0 amide bonds. The number of piperazine rings is 3. The molecule has 3 saturated heterocycles. The maximum absolute atomic E-state index is 5.24. The highest BCUT2D eigenvalue weighted by atomic mass is 16.3. The van der Waals surface area contributed by atoms with Crippen molar-refractivity contribution in [2.24, 2.45) is 0 Å². The summed E-state index contributed by atoms with van der Waals surface area (Å²) in [7, 11) is 0. The monoisotopic (exact) mass is 235 g/mol. The zero-order chi connectivity index (χ0) is 11.7. The Morgan fingerprint density at radius 1 is 1.41 bits per heavy atom. The van der Waals surface area contributed by atoms with Gasteiger partial charge in [0.15, 0.2) is 0 Å². The predicted molar refractivity (Wildman–Crippen MR) is 66.9 cm³/mol. The van der Waals surface area contributed by atoms with Gasteiger partial charge in [0.05, 0.1) is 18.6 Å². The van der Waals surface area contributed by atoms with Crippen molar-refractivity contribution < 1.29 is 4.42 Å². The van der Waals surface area contributed by atoms with Crippen LogP contribution in [-0.2, 0) is 0 Å². The molecule has 94 valence electrons. The smallest absolute Gasteiger partial charge is 0.0950 e. The van der Waals surface area contributed by atoms with Crippen LogP contribution in [0.15, 0.2) is 23.0 Å². The Labute approximate surface area is 103 Å². The van der Waals surface area contributed by atoms with Crippen molar-refractivity contribution in [3.63, 3.8) is 0 Å². The molecule has 0 aliphatic carbocycles. The van der Waals surface area contributed by atoms with E-state index in [2.05, 4.69) is 28.1 Å². The first-order chi connectivity index (χ1) is 8.38. The first kappa shape index (κ1) is 11.3. The van der Waals surface area contributed by atoms with E-state index in [1.807, 2.05) is 6.26 Å². The van der Waals surface area contributed by atoms with Gasteiger partial charge in [0.2, 0.25) is 0 Å². The lowest BCUT2D eigenvalue weighted by Crippen LogP contribution is -2.63. The number of hydrogen-bond acceptors (Lipinski definition) is 4. The summed E-state index contributed by atoms with van der Waals surface area (Å²) < 4.78 is 5.24. The molecule has 1 N–H and O–H groups in total. The third kappa shape index (κ3) is 2.12. The van der Waals surface area contributed by atoms with Gasteiger partial charge in [-0.15, -0.1) is 0 Å². The van der Waals surface area contributed by atoms with Gasteiger partial charge in [0, 0.05) is 44.3 Å². The van der Waals surface area contributed by atoms with Gasteiger partial charge in [-0.25, -0.2) is 0 Å². The zero-order valence-corrected chi connectivity index (χ0v) is 10.4. The van der Waals surface area contributed by atoms with Crippen molar-refractivity contribution >= 4 is 0 Å². The molecule has 1 aromatic heterocycles. The lowest BCUT2D eigenvalue weighted by Gasteiger charge is -2.50. The molecule has 2 atom stereocenters. The van der Waals surface area contributed by atoms with Crippen LogP contribution in [0.1, 0.15) is 18.5 Å². The van der Waals surface area contributed by atoms with Gasteiger partial charge < -0.3 is 9.73 Å². The summed E-state index contributed by atoms with van der Waals surface area (Å²) in [6.07, 6.45) is 3.66. The lowest BCUT2D eigenvalue weighted by molar-refractivity contribution is -0.00350. The van der Waals surface area contributed by atoms with Crippen LogP contribution in [0.3, 0.4) is 0 Å². The third-order valence-electron chi connectivity index (χ3n) is 4.03. The minimum atomic E-state index is 0.404. The van der Waals surface area contributed by atoms with Gasteiger partial charge in [0.25, 0.3) is 0 Å². The van der Waals surface area contributed by atoms with Crippen molar-refractivity contribution in [2.75, 3.05) is 39.3 Å². The van der Waals surface area contributed by atoms with Gasteiger partial charge in [-0.3, -0.25) is 9.80 Å². The lowest BCUT2D eigenvalue weighted by atomic mass is 9.95. The fourth-order valence-electron chi connectivity index (χ4n) is 3.12. The maximum atomic E-state index is 5.24. The fraction of sp³-hybridized carbons (Fsp3) is 0.692. The fourth-order valence-corrected chi connectivity index (χ4v) is 3.12. The summed E-state index contributed by atoms with van der Waals surface area (Å²) in [5, 5.41) is 3.61. The number of likely N-dealkylation sites (N-methyl/N-ethyl adjacent to an activating group) is 1. The molecule has 0 radical (unpaired) electrons. The van der Waals surface area contributed by atoms with Gasteiger partial charge in [-0.1, -0.05) is 6.92 Å². The topological polar surface area (TPSA) is 31.7 Å². The molecule has 3 aliphatic rings. The second-order valence-electron chi connectivity index (χ2n) is 5.00. The van der Waals surface area contributed by atoms with Crippen molar-refractivity contribution in [3.8, 4) is 0 Å². The highest BCUT2D eigenvalue weighted by Gasteiger charge is 2.37. The summed E-state index contributed by atoms with van der Waals surface area (Å²) in [5.74, 6) is 0. The molecule has 0 spiro atoms. The predicted octanol–water partition coefficient (Wildman–Crippen LogP) is 0.930. The molecule has 17 heavy (non-hydrogen) atoms. The summed E-state index contributed by atoms with van der Waals surface area (Å²) in [6, 6.07) is 3.09. The third-order valence-corrected chi connectivity index (χ3v) is 4.03. The minimum Gasteiger partial charge on any atom is -0.472 e. The van der Waals surface area contributed by atoms with Gasteiger partial charge in [0.1, 0.15) is 0 Å². The Kier molecular flexibility index (Phi) is 3.18. The van der Waals surface area contributed by atoms with Gasteiger partial charge in [-0.2, -0.15) is 0 Å². The van der Waals surface area contributed by atoms with E-state index in [1.165, 1.54) is 38.3 Å². The number of furan rings is 1. The van der Waals surface area contributed by atoms with Crippen molar-refractivity contribution in [3.05, 3.63) is 24.2 Å². The normalized spacial score (nSPS) is 33.8. The molecule has 0 aromatic carbocycles. The van der Waals surface area contributed by atoms with E-state index in [1.54, 1.807) is 6.26 Å². The molecule has 2 unspecified atom stereocenters. The van der Waals surface area contributed by atoms with Crippen LogP contribution >= 0.6 is 0 Å². The van der Waals surface area contributed by atoms with E-state index in [-0.39, 0.29) is 0 Å². The van der Waals surface area contributed by atoms with Crippen LogP contribution in [0, 0.1) is 0 Å². The number of nitrogens with zero attached hydrogens (tertiary/aromatic N) is 2. The van der Waals surface area contributed by atoms with Crippen molar-refractivity contribution in [1.29, 1.82) is 0 Å². The average Bonchev–Trinajstić information content (AvgIpc) is 2.91. The SMILES string of the molecule is CCNC(c1ccoc1)C1CN2CCN1CC2. The Bertz CT molecular complexity index is 344. The Balaban J connectivity index is 1.79. The van der Waals surface area contributed by atoms with Gasteiger partial charge >= 0.3 is 0 Å². The zero-order valence-electron chi connectivity index (χ0n) is 10.4. The van der Waals surface area contributed by atoms with Crippen LogP contribution in [0.25, 0.3) is 0 Å². The van der Waals surface area contributed by atoms with Crippen LogP contribution in [0.5, 0.6) is 0 Å². The van der Waals surface area contributed by atoms with Gasteiger partial charge in [-0.05, 0) is 12.6 Å². The molecule has 3 fully saturated rings. The number of rotatable bonds is 4. The summed E-state index contributed by atoms with van der Waals surface area (Å²) in [5.41, 5.74) is 1.28. The van der Waals surface area contributed by atoms with E-state index in [0.717, 1.165) is 6.54 Å². The van der Waals surface area contributed by atoms with Crippen LogP contribution < -0.4 is 5.32 Å². The van der Waals surface area contributed by atoms with Crippen LogP contribution in [0.2, 0.25) is 0 Å². The van der Waals surface area contributed by atoms with E-state index in [0.29, 0.717) is 12.1 Å². The Hall–Kier alpha value is -0.840. The van der Waals surface area contributed by atoms with Crippen molar-refractivity contribution in [1.82, 2.24) is 15.1 Å². The first-order valence-electron chi connectivity index (χ1n) is 6.60. The average molecular weight is 235 g/mol. The molecule has 4 nitrogen and oxygen atoms in total. The van der Waals surface area contributed by atoms with E-state index in [4.69, 9.17) is 4.42 Å². The highest BCUT2D eigenvalue weighted by molar-refractivity contribution is 5.16. The van der Waals surface area contributed by atoms with Crippen molar-refractivity contribution in [2.45, 2.75) is 19.0 Å². The largest absolute Gasteiger partial charge is 0.472 e. The molecule has 4 heterocycles. The second-order valence-corrected chi connectivity index (χ2v) is 5.00. The molecule has 2 bridgehead atoms. The highest BCUT2D eigenvalue weighted by Crippen LogP contribution is 2.27. The van der Waals surface area contributed by atoms with E-state index < -0.39 is 0 Å². The second kappa shape index (κ2) is 4.80. The summed E-state index contributed by atoms with van der Waals surface area (Å²) in [4.78, 5) is 5.20. The molecule has 3 aliphatic heterocycles. The molecule has 1 aromatic rings.